The molecule has 0 aromatic carbocycles. The van der Waals surface area contributed by atoms with Crippen LogP contribution >= 0.6 is 0 Å². The number of hydrogen-bond donors (Lipinski definition) is 2. The van der Waals surface area contributed by atoms with Gasteiger partial charge in [-0.2, -0.15) is 0 Å². The number of nitrogens with zero attached hydrogens (tertiary/aromatic N) is 2. The molecule has 5 nitrogen and oxygen atoms in total. The number of imidazole rings is 1. The van der Waals surface area contributed by atoms with Gasteiger partial charge in [0, 0.05) is 19.3 Å². The quantitative estimate of drug-likeness (QED) is 0.739. The fraction of sp³-hybridized carbons (Fsp3) is 0.636. The molecule has 0 fully saturated rings. The van der Waals surface area contributed by atoms with Gasteiger partial charge >= 0.3 is 0 Å². The number of carbonyl (C=O) groups excluding carboxylic acids is 1. The topological polar surface area (TPSA) is 72.9 Å². The molecule has 1 heterocycles. The van der Waals surface area contributed by atoms with Gasteiger partial charge in [0.1, 0.15) is 0 Å². The Kier molecular flexibility index (Phi) is 4.49. The summed E-state index contributed by atoms with van der Waals surface area (Å²) in [7, 11) is 0. The molecule has 1 amide bonds. The number of aryl methyl sites for hydroxylation is 1. The minimum atomic E-state index is -0.308. The Morgan fingerprint density at radius 1 is 1.62 bits per heavy atom. The average molecular weight is 224 g/mol. The van der Waals surface area contributed by atoms with Crippen LogP contribution in [0.1, 0.15) is 26.5 Å². The summed E-state index contributed by atoms with van der Waals surface area (Å²) in [6.07, 6.45) is 3.58. The summed E-state index contributed by atoms with van der Waals surface area (Å²) in [5, 5.41) is 3.16. The Hall–Kier alpha value is -1.36. The van der Waals surface area contributed by atoms with E-state index >= 15 is 0 Å². The molecule has 0 saturated carbocycles. The van der Waals surface area contributed by atoms with E-state index in [0.717, 1.165) is 12.2 Å². The first-order valence-corrected chi connectivity index (χ1v) is 5.58. The van der Waals surface area contributed by atoms with E-state index in [1.807, 2.05) is 18.4 Å². The molecule has 0 bridgehead atoms. The Morgan fingerprint density at radius 2 is 2.31 bits per heavy atom. The highest BCUT2D eigenvalue weighted by molar-refractivity contribution is 5.80. The molecule has 0 aliphatic carbocycles. The van der Waals surface area contributed by atoms with Gasteiger partial charge < -0.3 is 10.3 Å². The monoisotopic (exact) mass is 224 g/mol. The molecule has 16 heavy (non-hydrogen) atoms. The normalized spacial score (nSPS) is 13.0. The van der Waals surface area contributed by atoms with E-state index in [0.29, 0.717) is 6.54 Å². The van der Waals surface area contributed by atoms with Gasteiger partial charge in [-0.15, -0.1) is 0 Å². The van der Waals surface area contributed by atoms with Crippen molar-refractivity contribution in [1.82, 2.24) is 14.9 Å². The SMILES string of the molecule is CCn1cncc1CNC(C(N)=O)C(C)C. The van der Waals surface area contributed by atoms with Crippen LogP contribution in [-0.2, 0) is 17.9 Å². The minimum Gasteiger partial charge on any atom is -0.368 e. The van der Waals surface area contributed by atoms with Crippen molar-refractivity contribution >= 4 is 5.91 Å². The van der Waals surface area contributed by atoms with Crippen LogP contribution in [0.4, 0.5) is 0 Å². The lowest BCUT2D eigenvalue weighted by Crippen LogP contribution is -2.44. The predicted molar refractivity (Wildman–Crippen MR) is 62.6 cm³/mol. The fourth-order valence-electron chi connectivity index (χ4n) is 1.66. The Bertz CT molecular complexity index is 346. The lowest BCUT2D eigenvalue weighted by atomic mass is 10.0. The zero-order valence-corrected chi connectivity index (χ0v) is 10.1. The molecule has 0 aliphatic heterocycles. The van der Waals surface area contributed by atoms with Gasteiger partial charge in [0.25, 0.3) is 0 Å². The Morgan fingerprint density at radius 3 is 2.81 bits per heavy atom. The van der Waals surface area contributed by atoms with Gasteiger partial charge in [-0.1, -0.05) is 13.8 Å². The van der Waals surface area contributed by atoms with Crippen molar-refractivity contribution in [2.45, 2.75) is 39.9 Å². The molecule has 0 saturated heterocycles. The van der Waals surface area contributed by atoms with Crippen LogP contribution < -0.4 is 11.1 Å². The molecular weight excluding hydrogens is 204 g/mol. The first kappa shape index (κ1) is 12.7. The molecule has 0 spiro atoms. The highest BCUT2D eigenvalue weighted by Crippen LogP contribution is 2.04. The number of primary amides is 1. The van der Waals surface area contributed by atoms with E-state index in [2.05, 4.69) is 17.2 Å². The van der Waals surface area contributed by atoms with E-state index in [1.54, 1.807) is 12.5 Å². The Labute approximate surface area is 96.0 Å². The molecule has 1 unspecified atom stereocenters. The molecular formula is C11H20N4O. The maximum Gasteiger partial charge on any atom is 0.234 e. The second-order valence-electron chi connectivity index (χ2n) is 4.18. The molecule has 0 aliphatic rings. The number of amides is 1. The smallest absolute Gasteiger partial charge is 0.234 e. The molecule has 90 valence electrons. The lowest BCUT2D eigenvalue weighted by molar-refractivity contribution is -0.121. The summed E-state index contributed by atoms with van der Waals surface area (Å²) < 4.78 is 2.03. The van der Waals surface area contributed by atoms with E-state index in [9.17, 15) is 4.79 Å². The van der Waals surface area contributed by atoms with Crippen molar-refractivity contribution in [3.8, 4) is 0 Å². The second-order valence-corrected chi connectivity index (χ2v) is 4.18. The van der Waals surface area contributed by atoms with Crippen LogP contribution in [0.15, 0.2) is 12.5 Å². The van der Waals surface area contributed by atoms with Gasteiger partial charge in [-0.25, -0.2) is 4.98 Å². The van der Waals surface area contributed by atoms with Crippen molar-refractivity contribution in [1.29, 1.82) is 0 Å². The van der Waals surface area contributed by atoms with Crippen molar-refractivity contribution in [3.05, 3.63) is 18.2 Å². The van der Waals surface area contributed by atoms with Gasteiger partial charge in [0.2, 0.25) is 5.91 Å². The maximum absolute atomic E-state index is 11.2. The number of hydrogen-bond acceptors (Lipinski definition) is 3. The molecule has 1 aromatic heterocycles. The van der Waals surface area contributed by atoms with Crippen molar-refractivity contribution < 1.29 is 4.79 Å². The number of nitrogens with two attached hydrogens (primary N) is 1. The first-order chi connectivity index (χ1) is 7.56. The first-order valence-electron chi connectivity index (χ1n) is 5.58. The maximum atomic E-state index is 11.2. The average Bonchev–Trinajstić information content (AvgIpc) is 2.64. The number of nitrogens with one attached hydrogen (secondary N) is 1. The molecule has 1 atom stereocenters. The van der Waals surface area contributed by atoms with Crippen molar-refractivity contribution in [3.63, 3.8) is 0 Å². The standard InChI is InChI=1S/C11H20N4O/c1-4-15-7-13-5-9(15)6-14-10(8(2)3)11(12)16/h5,7-8,10,14H,4,6H2,1-3H3,(H2,12,16). The predicted octanol–water partition coefficient (Wildman–Crippen LogP) is 0.502. The number of rotatable bonds is 6. The molecule has 1 aromatic rings. The highest BCUT2D eigenvalue weighted by atomic mass is 16.1. The third kappa shape index (κ3) is 3.06. The van der Waals surface area contributed by atoms with Gasteiger partial charge in [0.05, 0.1) is 18.1 Å². The molecule has 3 N–H and O–H groups in total. The number of aromatic nitrogens is 2. The lowest BCUT2D eigenvalue weighted by Gasteiger charge is -2.19. The van der Waals surface area contributed by atoms with E-state index in [-0.39, 0.29) is 17.9 Å². The number of carbonyl (C=O) groups is 1. The van der Waals surface area contributed by atoms with E-state index in [4.69, 9.17) is 5.73 Å². The van der Waals surface area contributed by atoms with Gasteiger partial charge in [-0.05, 0) is 12.8 Å². The van der Waals surface area contributed by atoms with E-state index < -0.39 is 0 Å². The summed E-state index contributed by atoms with van der Waals surface area (Å²) in [5.74, 6) is -0.118. The highest BCUT2D eigenvalue weighted by Gasteiger charge is 2.18. The van der Waals surface area contributed by atoms with Crippen LogP contribution in [-0.4, -0.2) is 21.5 Å². The largest absolute Gasteiger partial charge is 0.368 e. The van der Waals surface area contributed by atoms with Crippen LogP contribution in [0.2, 0.25) is 0 Å². The fourth-order valence-corrected chi connectivity index (χ4v) is 1.66. The van der Waals surface area contributed by atoms with Crippen LogP contribution in [0, 0.1) is 5.92 Å². The molecule has 1 rings (SSSR count). The minimum absolute atomic E-state index is 0.190. The van der Waals surface area contributed by atoms with Crippen LogP contribution in [0.5, 0.6) is 0 Å². The second kappa shape index (κ2) is 5.65. The van der Waals surface area contributed by atoms with E-state index in [1.165, 1.54) is 0 Å². The summed E-state index contributed by atoms with van der Waals surface area (Å²) in [4.78, 5) is 15.3. The Balaban J connectivity index is 2.59. The summed E-state index contributed by atoms with van der Waals surface area (Å²) in [6.45, 7) is 7.48. The van der Waals surface area contributed by atoms with Crippen LogP contribution in [0.3, 0.4) is 0 Å². The zero-order chi connectivity index (χ0) is 12.1. The summed E-state index contributed by atoms with van der Waals surface area (Å²) in [6, 6.07) is -0.291. The van der Waals surface area contributed by atoms with Gasteiger partial charge in [0.15, 0.2) is 0 Å². The molecule has 0 radical (unpaired) electrons. The van der Waals surface area contributed by atoms with Crippen molar-refractivity contribution in [2.24, 2.45) is 11.7 Å². The van der Waals surface area contributed by atoms with Crippen LogP contribution in [0.25, 0.3) is 0 Å². The van der Waals surface area contributed by atoms with Gasteiger partial charge in [-0.3, -0.25) is 10.1 Å². The molecule has 5 heteroatoms. The third-order valence-electron chi connectivity index (χ3n) is 2.62. The van der Waals surface area contributed by atoms with Crippen molar-refractivity contribution in [2.75, 3.05) is 0 Å². The summed E-state index contributed by atoms with van der Waals surface area (Å²) in [5.41, 5.74) is 6.39. The third-order valence-corrected chi connectivity index (χ3v) is 2.62. The summed E-state index contributed by atoms with van der Waals surface area (Å²) >= 11 is 0. The zero-order valence-electron chi connectivity index (χ0n) is 10.1.